The summed E-state index contributed by atoms with van der Waals surface area (Å²) in [6, 6.07) is 8.61. The number of guanidine groups is 1. The number of hydrogen-bond donors (Lipinski definition) is 2. The predicted octanol–water partition coefficient (Wildman–Crippen LogP) is 3.22. The quantitative estimate of drug-likeness (QED) is 0.378. The second-order valence-corrected chi connectivity index (χ2v) is 6.53. The maximum Gasteiger partial charge on any atom is 0.188 e. The third-order valence-corrected chi connectivity index (χ3v) is 4.14. The second kappa shape index (κ2) is 10.6. The molecule has 132 valence electrons. The van der Waals surface area contributed by atoms with Gasteiger partial charge >= 0.3 is 0 Å². The van der Waals surface area contributed by atoms with Crippen molar-refractivity contribution >= 4 is 41.3 Å². The minimum absolute atomic E-state index is 0. The molecule has 0 saturated heterocycles. The highest BCUT2D eigenvalue weighted by Gasteiger charge is 2.03. The number of aryl methyl sites for hydroxylation is 1. The number of aliphatic imine (C=N–C) groups is 1. The van der Waals surface area contributed by atoms with Crippen LogP contribution in [0.4, 0.5) is 0 Å². The van der Waals surface area contributed by atoms with Crippen molar-refractivity contribution in [3.63, 3.8) is 0 Å². The fourth-order valence-corrected chi connectivity index (χ4v) is 2.86. The van der Waals surface area contributed by atoms with E-state index in [-0.39, 0.29) is 30.0 Å². The third kappa shape index (κ3) is 6.74. The van der Waals surface area contributed by atoms with E-state index in [2.05, 4.69) is 44.9 Å². The molecule has 0 aliphatic rings. The SMILES string of the molecule is COCC(C)NC(N)=NCCc1ccc(-c2csc(C)n2)cc1.I. The smallest absolute Gasteiger partial charge is 0.188 e. The number of halogens is 1. The molecule has 5 nitrogen and oxygen atoms in total. The molecular weight excluding hydrogens is 435 g/mol. The number of nitrogens with zero attached hydrogens (tertiary/aromatic N) is 2. The molecule has 2 aromatic rings. The fourth-order valence-electron chi connectivity index (χ4n) is 2.23. The molecule has 2 rings (SSSR count). The van der Waals surface area contributed by atoms with Crippen LogP contribution in [-0.2, 0) is 11.2 Å². The molecule has 1 aromatic carbocycles. The molecule has 1 atom stereocenters. The van der Waals surface area contributed by atoms with Crippen molar-refractivity contribution in [1.29, 1.82) is 0 Å². The summed E-state index contributed by atoms with van der Waals surface area (Å²) < 4.78 is 5.05. The van der Waals surface area contributed by atoms with Crippen LogP contribution in [0.25, 0.3) is 11.3 Å². The average molecular weight is 460 g/mol. The number of benzene rings is 1. The lowest BCUT2D eigenvalue weighted by Gasteiger charge is -2.13. The Hall–Kier alpha value is -1.19. The summed E-state index contributed by atoms with van der Waals surface area (Å²) in [6.07, 6.45) is 0.859. The van der Waals surface area contributed by atoms with Crippen molar-refractivity contribution in [1.82, 2.24) is 10.3 Å². The number of thiazole rings is 1. The van der Waals surface area contributed by atoms with Crippen LogP contribution in [0.2, 0.25) is 0 Å². The molecule has 1 aromatic heterocycles. The summed E-state index contributed by atoms with van der Waals surface area (Å²) in [7, 11) is 1.67. The fraction of sp³-hybridized carbons (Fsp3) is 0.412. The monoisotopic (exact) mass is 460 g/mol. The van der Waals surface area contributed by atoms with Gasteiger partial charge in [-0.15, -0.1) is 35.3 Å². The second-order valence-electron chi connectivity index (χ2n) is 5.47. The molecule has 0 radical (unpaired) electrons. The third-order valence-electron chi connectivity index (χ3n) is 3.36. The van der Waals surface area contributed by atoms with Gasteiger partial charge < -0.3 is 15.8 Å². The molecule has 24 heavy (non-hydrogen) atoms. The van der Waals surface area contributed by atoms with E-state index in [0.717, 1.165) is 22.7 Å². The van der Waals surface area contributed by atoms with E-state index < -0.39 is 0 Å². The van der Waals surface area contributed by atoms with Crippen molar-refractivity contribution in [2.24, 2.45) is 10.7 Å². The van der Waals surface area contributed by atoms with E-state index >= 15 is 0 Å². The van der Waals surface area contributed by atoms with Crippen LogP contribution in [0.3, 0.4) is 0 Å². The Labute approximate surface area is 164 Å². The topological polar surface area (TPSA) is 72.5 Å². The van der Waals surface area contributed by atoms with Gasteiger partial charge in [0, 0.05) is 30.6 Å². The Morgan fingerprint density at radius 3 is 2.67 bits per heavy atom. The van der Waals surface area contributed by atoms with Crippen LogP contribution >= 0.6 is 35.3 Å². The van der Waals surface area contributed by atoms with E-state index in [4.69, 9.17) is 10.5 Å². The average Bonchev–Trinajstić information content (AvgIpc) is 2.94. The van der Waals surface area contributed by atoms with Gasteiger partial charge in [-0.1, -0.05) is 24.3 Å². The number of nitrogens with one attached hydrogen (secondary N) is 1. The van der Waals surface area contributed by atoms with Gasteiger partial charge in [-0.2, -0.15) is 0 Å². The molecule has 0 saturated carbocycles. The molecule has 0 spiro atoms. The van der Waals surface area contributed by atoms with Gasteiger partial charge in [-0.3, -0.25) is 4.99 Å². The molecular formula is C17H25IN4OS. The van der Waals surface area contributed by atoms with E-state index in [1.165, 1.54) is 5.56 Å². The van der Waals surface area contributed by atoms with Crippen LogP contribution in [-0.4, -0.2) is 37.2 Å². The Bertz CT molecular complexity index is 642. The number of nitrogens with two attached hydrogens (primary N) is 1. The summed E-state index contributed by atoms with van der Waals surface area (Å²) >= 11 is 1.67. The summed E-state index contributed by atoms with van der Waals surface area (Å²) in [5, 5.41) is 6.27. The zero-order valence-corrected chi connectivity index (χ0v) is 17.4. The lowest BCUT2D eigenvalue weighted by atomic mass is 10.1. The van der Waals surface area contributed by atoms with Crippen molar-refractivity contribution in [2.75, 3.05) is 20.3 Å². The minimum Gasteiger partial charge on any atom is -0.383 e. The highest BCUT2D eigenvalue weighted by Crippen LogP contribution is 2.21. The van der Waals surface area contributed by atoms with Gasteiger partial charge in [0.15, 0.2) is 5.96 Å². The van der Waals surface area contributed by atoms with E-state index in [0.29, 0.717) is 19.1 Å². The van der Waals surface area contributed by atoms with Gasteiger partial charge in [0.25, 0.3) is 0 Å². The first-order chi connectivity index (χ1) is 11.1. The van der Waals surface area contributed by atoms with Crippen molar-refractivity contribution in [3.05, 3.63) is 40.2 Å². The van der Waals surface area contributed by atoms with Crippen molar-refractivity contribution in [3.8, 4) is 11.3 Å². The number of aromatic nitrogens is 1. The summed E-state index contributed by atoms with van der Waals surface area (Å²) in [6.45, 7) is 5.29. The summed E-state index contributed by atoms with van der Waals surface area (Å²) in [5.41, 5.74) is 9.27. The van der Waals surface area contributed by atoms with Crippen molar-refractivity contribution in [2.45, 2.75) is 26.3 Å². The maximum absolute atomic E-state index is 5.85. The first kappa shape index (κ1) is 20.9. The highest BCUT2D eigenvalue weighted by atomic mass is 127. The minimum atomic E-state index is 0. The Morgan fingerprint density at radius 2 is 2.08 bits per heavy atom. The number of ether oxygens (including phenoxy) is 1. The number of methoxy groups -OCH3 is 1. The largest absolute Gasteiger partial charge is 0.383 e. The van der Waals surface area contributed by atoms with Crippen molar-refractivity contribution < 1.29 is 4.74 Å². The molecule has 0 aliphatic heterocycles. The summed E-state index contributed by atoms with van der Waals surface area (Å²) in [5.74, 6) is 0.462. The molecule has 0 amide bonds. The molecule has 3 N–H and O–H groups in total. The first-order valence-electron chi connectivity index (χ1n) is 7.65. The molecule has 1 unspecified atom stereocenters. The number of hydrogen-bond acceptors (Lipinski definition) is 4. The van der Waals surface area contributed by atoms with Crippen LogP contribution in [0.5, 0.6) is 0 Å². The van der Waals surface area contributed by atoms with Crippen LogP contribution in [0.1, 0.15) is 17.5 Å². The first-order valence-corrected chi connectivity index (χ1v) is 8.53. The van der Waals surface area contributed by atoms with Crippen LogP contribution < -0.4 is 11.1 Å². The van der Waals surface area contributed by atoms with E-state index in [9.17, 15) is 0 Å². The Balaban J connectivity index is 0.00000288. The van der Waals surface area contributed by atoms with E-state index in [1.54, 1.807) is 18.4 Å². The normalized spacial score (nSPS) is 12.5. The van der Waals surface area contributed by atoms with Crippen LogP contribution in [0, 0.1) is 6.92 Å². The zero-order valence-electron chi connectivity index (χ0n) is 14.3. The maximum atomic E-state index is 5.85. The van der Waals surface area contributed by atoms with E-state index in [1.807, 2.05) is 13.8 Å². The molecule has 7 heteroatoms. The van der Waals surface area contributed by atoms with Gasteiger partial charge in [0.05, 0.1) is 17.3 Å². The lowest BCUT2D eigenvalue weighted by molar-refractivity contribution is 0.179. The number of rotatable bonds is 7. The standard InChI is InChI=1S/C17H24N4OS.HI/c1-12(10-22-3)20-17(18)19-9-8-14-4-6-15(7-5-14)16-11-23-13(2)21-16;/h4-7,11-12H,8-10H2,1-3H3,(H3,18,19,20);1H. The van der Waals surface area contributed by atoms with Gasteiger partial charge in [-0.05, 0) is 25.8 Å². The van der Waals surface area contributed by atoms with Gasteiger partial charge in [0.1, 0.15) is 0 Å². The molecule has 0 bridgehead atoms. The molecule has 0 fully saturated rings. The Kier molecular flexibility index (Phi) is 9.24. The molecule has 1 heterocycles. The summed E-state index contributed by atoms with van der Waals surface area (Å²) in [4.78, 5) is 8.84. The molecule has 0 aliphatic carbocycles. The zero-order chi connectivity index (χ0) is 16.7. The highest BCUT2D eigenvalue weighted by molar-refractivity contribution is 14.0. The van der Waals surface area contributed by atoms with Crippen LogP contribution in [0.15, 0.2) is 34.6 Å². The lowest BCUT2D eigenvalue weighted by Crippen LogP contribution is -2.40. The van der Waals surface area contributed by atoms with Gasteiger partial charge in [-0.25, -0.2) is 4.98 Å². The predicted molar refractivity (Wildman–Crippen MR) is 112 cm³/mol. The van der Waals surface area contributed by atoms with Gasteiger partial charge in [0.2, 0.25) is 0 Å². The Morgan fingerprint density at radius 1 is 1.38 bits per heavy atom.